The van der Waals surface area contributed by atoms with Crippen molar-refractivity contribution in [3.8, 4) is 11.1 Å². The number of amides is 2. The first-order valence-corrected chi connectivity index (χ1v) is 15.7. The van der Waals surface area contributed by atoms with Gasteiger partial charge in [0.05, 0.1) is 6.04 Å². The molecule has 2 amide bonds. The predicted molar refractivity (Wildman–Crippen MR) is 149 cm³/mol. The fraction of sp³-hybridized carbons (Fsp3) is 0.333. The summed E-state index contributed by atoms with van der Waals surface area (Å²) in [5.41, 5.74) is 5.81. The molecular weight excluding hydrogens is 464 g/mol. The number of nitrogens with one attached hydrogen (secondary N) is 1. The molecule has 36 heavy (non-hydrogen) atoms. The van der Waals surface area contributed by atoms with Crippen LogP contribution in [0.4, 0.5) is 5.69 Å². The average molecular weight is 501 g/mol. The van der Waals surface area contributed by atoms with Crippen molar-refractivity contribution in [2.24, 2.45) is 0 Å². The Kier molecular flexibility index (Phi) is 7.48. The molecule has 0 radical (unpaired) electrons. The van der Waals surface area contributed by atoms with Crippen LogP contribution in [0.15, 0.2) is 66.7 Å². The summed E-state index contributed by atoms with van der Waals surface area (Å²) in [6.07, 6.45) is 2.79. The van der Waals surface area contributed by atoms with Gasteiger partial charge in [0.1, 0.15) is 0 Å². The summed E-state index contributed by atoms with van der Waals surface area (Å²) in [6.45, 7) is 9.47. The van der Waals surface area contributed by atoms with Crippen molar-refractivity contribution in [3.63, 3.8) is 0 Å². The number of rotatable bonds is 6. The molecule has 1 heterocycles. The summed E-state index contributed by atoms with van der Waals surface area (Å²) < 4.78 is 0. The molecular formula is C30H36N2O3Si. The molecule has 0 spiro atoms. The van der Waals surface area contributed by atoms with Crippen molar-refractivity contribution >= 4 is 31.0 Å². The summed E-state index contributed by atoms with van der Waals surface area (Å²) in [5.74, 6) is -0.183. The maximum Gasteiger partial charge on any atom is 0.251 e. The van der Waals surface area contributed by atoms with Crippen molar-refractivity contribution in [1.82, 2.24) is 5.32 Å². The molecule has 4 rings (SSSR count). The van der Waals surface area contributed by atoms with Crippen LogP contribution < -0.4 is 15.4 Å². The number of carbonyl (C=O) groups is 2. The normalized spacial score (nSPS) is 17.4. The van der Waals surface area contributed by atoms with E-state index in [-0.39, 0.29) is 23.9 Å². The van der Waals surface area contributed by atoms with Crippen LogP contribution >= 0.6 is 0 Å². The molecule has 1 aliphatic rings. The minimum atomic E-state index is -2.53. The lowest BCUT2D eigenvalue weighted by atomic mass is 9.88. The highest BCUT2D eigenvalue weighted by Crippen LogP contribution is 2.39. The highest BCUT2D eigenvalue weighted by atomic mass is 28.4. The van der Waals surface area contributed by atoms with Crippen LogP contribution in [0.2, 0.25) is 13.1 Å². The SMILES string of the molecule is CCCc1ccc(-c2ccc3c(c2)[C@H](NC(=O)c2cccc([Si](C)(C)O)c2)C[C@H](C)N3C(C)=O)cc1. The van der Waals surface area contributed by atoms with Gasteiger partial charge in [-0.05, 0) is 84.6 Å². The number of benzene rings is 3. The number of nitrogens with zero attached hydrogens (tertiary/aromatic N) is 1. The summed E-state index contributed by atoms with van der Waals surface area (Å²) >= 11 is 0. The monoisotopic (exact) mass is 500 g/mol. The van der Waals surface area contributed by atoms with Gasteiger partial charge in [0.2, 0.25) is 14.2 Å². The van der Waals surface area contributed by atoms with Gasteiger partial charge in [0.15, 0.2) is 0 Å². The molecule has 0 unspecified atom stereocenters. The first-order chi connectivity index (χ1) is 17.1. The van der Waals surface area contributed by atoms with Crippen molar-refractivity contribution in [2.75, 3.05) is 4.90 Å². The van der Waals surface area contributed by atoms with E-state index in [1.54, 1.807) is 19.1 Å². The van der Waals surface area contributed by atoms with Crippen molar-refractivity contribution < 1.29 is 14.4 Å². The first kappa shape index (κ1) is 25.9. The van der Waals surface area contributed by atoms with Gasteiger partial charge in [0, 0.05) is 24.2 Å². The molecule has 0 saturated carbocycles. The van der Waals surface area contributed by atoms with Gasteiger partial charge in [-0.2, -0.15) is 0 Å². The Balaban J connectivity index is 1.69. The molecule has 0 bridgehead atoms. The number of aryl methyl sites for hydroxylation is 1. The molecule has 0 saturated heterocycles. The van der Waals surface area contributed by atoms with Crippen LogP contribution in [-0.2, 0) is 11.2 Å². The molecule has 0 aliphatic carbocycles. The van der Waals surface area contributed by atoms with Crippen molar-refractivity contribution in [1.29, 1.82) is 0 Å². The Hall–Kier alpha value is -3.22. The van der Waals surface area contributed by atoms with Gasteiger partial charge in [0.25, 0.3) is 5.91 Å². The average Bonchev–Trinajstić information content (AvgIpc) is 2.84. The second-order valence-electron chi connectivity index (χ2n) is 10.4. The van der Waals surface area contributed by atoms with Gasteiger partial charge in [-0.1, -0.05) is 55.8 Å². The summed E-state index contributed by atoms with van der Waals surface area (Å²) in [7, 11) is -2.53. The van der Waals surface area contributed by atoms with Gasteiger partial charge in [-0.25, -0.2) is 0 Å². The molecule has 5 nitrogen and oxygen atoms in total. The molecule has 2 N–H and O–H groups in total. The third kappa shape index (κ3) is 5.45. The highest BCUT2D eigenvalue weighted by molar-refractivity contribution is 6.83. The molecule has 188 valence electrons. The Morgan fingerprint density at radius 1 is 1.03 bits per heavy atom. The number of anilines is 1. The van der Waals surface area contributed by atoms with E-state index in [0.717, 1.165) is 40.4 Å². The molecule has 0 aromatic heterocycles. The quantitative estimate of drug-likeness (QED) is 0.450. The second kappa shape index (κ2) is 10.4. The van der Waals surface area contributed by atoms with E-state index in [1.807, 2.05) is 43.1 Å². The number of hydrogen-bond donors (Lipinski definition) is 2. The number of hydrogen-bond acceptors (Lipinski definition) is 3. The fourth-order valence-electron chi connectivity index (χ4n) is 5.10. The lowest BCUT2D eigenvalue weighted by Gasteiger charge is -2.39. The lowest BCUT2D eigenvalue weighted by Crippen LogP contribution is -2.46. The van der Waals surface area contributed by atoms with Crippen LogP contribution in [0.3, 0.4) is 0 Å². The van der Waals surface area contributed by atoms with E-state index in [9.17, 15) is 14.4 Å². The topological polar surface area (TPSA) is 69.6 Å². The maximum absolute atomic E-state index is 13.3. The van der Waals surface area contributed by atoms with Crippen molar-refractivity contribution in [3.05, 3.63) is 83.4 Å². The second-order valence-corrected chi connectivity index (χ2v) is 14.1. The zero-order chi connectivity index (χ0) is 26.0. The lowest BCUT2D eigenvalue weighted by molar-refractivity contribution is -0.117. The molecule has 6 heteroatoms. The van der Waals surface area contributed by atoms with Crippen LogP contribution in [0.5, 0.6) is 0 Å². The van der Waals surface area contributed by atoms with E-state index < -0.39 is 8.32 Å². The smallest absolute Gasteiger partial charge is 0.251 e. The first-order valence-electron chi connectivity index (χ1n) is 12.7. The zero-order valence-electron chi connectivity index (χ0n) is 21.8. The Morgan fingerprint density at radius 2 is 1.72 bits per heavy atom. The van der Waals surface area contributed by atoms with E-state index in [2.05, 4.69) is 48.6 Å². The third-order valence-electron chi connectivity index (χ3n) is 6.98. The number of carbonyl (C=O) groups excluding carboxylic acids is 2. The molecule has 1 aliphatic heterocycles. The minimum Gasteiger partial charge on any atom is -0.428 e. The Bertz CT molecular complexity index is 1260. The Labute approximate surface area is 215 Å². The van der Waals surface area contributed by atoms with Crippen LogP contribution in [0.25, 0.3) is 11.1 Å². The van der Waals surface area contributed by atoms with E-state index in [1.165, 1.54) is 5.56 Å². The largest absolute Gasteiger partial charge is 0.428 e. The summed E-state index contributed by atoms with van der Waals surface area (Å²) in [5, 5.41) is 4.04. The van der Waals surface area contributed by atoms with Crippen LogP contribution in [-0.4, -0.2) is 31.0 Å². The van der Waals surface area contributed by atoms with Crippen LogP contribution in [0, 0.1) is 0 Å². The predicted octanol–water partition coefficient (Wildman–Crippen LogP) is 5.33. The van der Waals surface area contributed by atoms with Gasteiger partial charge < -0.3 is 15.0 Å². The molecule has 2 atom stereocenters. The zero-order valence-corrected chi connectivity index (χ0v) is 22.8. The minimum absolute atomic E-state index is 0.00645. The maximum atomic E-state index is 13.3. The van der Waals surface area contributed by atoms with Gasteiger partial charge >= 0.3 is 0 Å². The highest BCUT2D eigenvalue weighted by Gasteiger charge is 2.33. The van der Waals surface area contributed by atoms with Gasteiger partial charge in [-0.3, -0.25) is 9.59 Å². The van der Waals surface area contributed by atoms with Crippen LogP contribution in [0.1, 0.15) is 61.1 Å². The summed E-state index contributed by atoms with van der Waals surface area (Å²) in [6, 6.07) is 21.8. The third-order valence-corrected chi connectivity index (χ3v) is 8.71. The summed E-state index contributed by atoms with van der Waals surface area (Å²) in [4.78, 5) is 38.2. The van der Waals surface area contributed by atoms with E-state index >= 15 is 0 Å². The molecule has 3 aromatic rings. The fourth-order valence-corrected chi connectivity index (χ4v) is 6.11. The van der Waals surface area contributed by atoms with E-state index in [4.69, 9.17) is 0 Å². The molecule has 3 aromatic carbocycles. The Morgan fingerprint density at radius 3 is 2.36 bits per heavy atom. The standard InChI is InChI=1S/C30H36N2O3Si/c1-6-8-22-11-13-23(14-12-22)24-15-16-29-27(19-24)28(17-20(2)32(29)21(3)33)31-30(34)25-9-7-10-26(18-25)36(4,5)35/h7,9-16,18-20,28,35H,6,8,17H2,1-5H3,(H,31,34)/t20-,28+/m0/s1. The molecule has 0 fully saturated rings. The number of fused-ring (bicyclic) bond motifs is 1. The van der Waals surface area contributed by atoms with Crippen molar-refractivity contribution in [2.45, 2.75) is 65.2 Å². The van der Waals surface area contributed by atoms with Gasteiger partial charge in [-0.15, -0.1) is 0 Å². The van der Waals surface area contributed by atoms with E-state index in [0.29, 0.717) is 12.0 Å².